The van der Waals surface area contributed by atoms with Crippen molar-refractivity contribution < 1.29 is 9.53 Å². The zero-order valence-electron chi connectivity index (χ0n) is 12.8. The van der Waals surface area contributed by atoms with Gasteiger partial charge < -0.3 is 9.64 Å². The Bertz CT molecular complexity index is 704. The molecule has 1 aromatic carbocycles. The van der Waals surface area contributed by atoms with Gasteiger partial charge in [-0.25, -0.2) is 9.48 Å². The van der Waals surface area contributed by atoms with E-state index < -0.39 is 0 Å². The van der Waals surface area contributed by atoms with Crippen molar-refractivity contribution in [2.75, 3.05) is 27.2 Å². The van der Waals surface area contributed by atoms with Crippen LogP contribution in [0.5, 0.6) is 0 Å². The summed E-state index contributed by atoms with van der Waals surface area (Å²) >= 11 is 0. The molecule has 5 nitrogen and oxygen atoms in total. The lowest BCUT2D eigenvalue weighted by Gasteiger charge is -2.20. The summed E-state index contributed by atoms with van der Waals surface area (Å²) in [6, 6.07) is 11.4. The molecule has 0 N–H and O–H groups in total. The molecule has 0 spiro atoms. The maximum absolute atomic E-state index is 12.0. The molecular weight excluding hydrogens is 278 g/mol. The van der Waals surface area contributed by atoms with Crippen LogP contribution in [-0.4, -0.2) is 47.9 Å². The zero-order chi connectivity index (χ0) is 15.5. The number of hydrogen-bond donors (Lipinski definition) is 0. The second kappa shape index (κ2) is 6.15. The summed E-state index contributed by atoms with van der Waals surface area (Å²) in [6.07, 6.45) is 3.10. The lowest BCUT2D eigenvalue weighted by atomic mass is 10.1. The van der Waals surface area contributed by atoms with Gasteiger partial charge in [-0.3, -0.25) is 0 Å². The highest BCUT2D eigenvalue weighted by Gasteiger charge is 2.20. The Labute approximate surface area is 129 Å². The zero-order valence-corrected chi connectivity index (χ0v) is 12.8. The Morgan fingerprint density at radius 2 is 2.05 bits per heavy atom. The molecule has 0 radical (unpaired) electrons. The molecule has 0 bridgehead atoms. The van der Waals surface area contributed by atoms with Gasteiger partial charge >= 0.3 is 5.97 Å². The molecule has 0 unspecified atom stereocenters. The smallest absolute Gasteiger partial charge is 0.356 e. The van der Waals surface area contributed by atoms with Crippen molar-refractivity contribution in [2.24, 2.45) is 0 Å². The minimum atomic E-state index is -0.379. The average molecular weight is 297 g/mol. The quantitative estimate of drug-likeness (QED) is 0.816. The molecule has 1 aromatic heterocycles. The number of likely N-dealkylation sites (N-methyl/N-ethyl adjacent to an activating group) is 1. The first-order valence-electron chi connectivity index (χ1n) is 7.31. The van der Waals surface area contributed by atoms with E-state index >= 15 is 0 Å². The SMILES string of the molecule is COC(=O)c1cc(C2=CCN(C)CC2)nn1-c1ccccc1. The number of carbonyl (C=O) groups excluding carboxylic acids is 1. The molecule has 0 amide bonds. The van der Waals surface area contributed by atoms with Crippen LogP contribution in [0, 0.1) is 0 Å². The topological polar surface area (TPSA) is 47.4 Å². The van der Waals surface area contributed by atoms with E-state index in [1.54, 1.807) is 4.68 Å². The highest BCUT2D eigenvalue weighted by Crippen LogP contribution is 2.23. The number of rotatable bonds is 3. The molecule has 1 aliphatic rings. The van der Waals surface area contributed by atoms with E-state index in [4.69, 9.17) is 4.74 Å². The molecule has 0 saturated carbocycles. The van der Waals surface area contributed by atoms with E-state index in [9.17, 15) is 4.79 Å². The molecule has 0 fully saturated rings. The molecule has 3 rings (SSSR count). The minimum absolute atomic E-state index is 0.379. The van der Waals surface area contributed by atoms with Crippen LogP contribution in [-0.2, 0) is 4.74 Å². The second-order valence-corrected chi connectivity index (χ2v) is 5.40. The minimum Gasteiger partial charge on any atom is -0.464 e. The first kappa shape index (κ1) is 14.5. The number of nitrogens with zero attached hydrogens (tertiary/aromatic N) is 3. The molecule has 114 valence electrons. The third-order valence-electron chi connectivity index (χ3n) is 3.85. The largest absolute Gasteiger partial charge is 0.464 e. The number of carbonyl (C=O) groups is 1. The summed E-state index contributed by atoms with van der Waals surface area (Å²) in [6.45, 7) is 1.90. The van der Waals surface area contributed by atoms with Gasteiger partial charge in [0.05, 0.1) is 18.5 Å². The Kier molecular flexibility index (Phi) is 4.06. The summed E-state index contributed by atoms with van der Waals surface area (Å²) in [7, 11) is 3.48. The van der Waals surface area contributed by atoms with Crippen LogP contribution in [0.15, 0.2) is 42.5 Å². The first-order chi connectivity index (χ1) is 10.7. The highest BCUT2D eigenvalue weighted by atomic mass is 16.5. The number of hydrogen-bond acceptors (Lipinski definition) is 4. The van der Waals surface area contributed by atoms with E-state index in [0.717, 1.165) is 30.9 Å². The van der Waals surface area contributed by atoms with Crippen molar-refractivity contribution in [3.63, 3.8) is 0 Å². The van der Waals surface area contributed by atoms with Gasteiger partial charge in [-0.15, -0.1) is 0 Å². The Morgan fingerprint density at radius 3 is 2.68 bits per heavy atom. The van der Waals surface area contributed by atoms with E-state index in [0.29, 0.717) is 5.69 Å². The van der Waals surface area contributed by atoms with Gasteiger partial charge in [0.1, 0.15) is 0 Å². The number of methoxy groups -OCH3 is 1. The van der Waals surface area contributed by atoms with Crippen molar-refractivity contribution in [1.29, 1.82) is 0 Å². The van der Waals surface area contributed by atoms with Crippen LogP contribution in [0.2, 0.25) is 0 Å². The summed E-state index contributed by atoms with van der Waals surface area (Å²) in [5.41, 5.74) is 3.32. The van der Waals surface area contributed by atoms with Crippen LogP contribution in [0.3, 0.4) is 0 Å². The third kappa shape index (κ3) is 2.80. The Balaban J connectivity index is 2.04. The number of esters is 1. The van der Waals surface area contributed by atoms with Gasteiger partial charge in [-0.1, -0.05) is 24.3 Å². The van der Waals surface area contributed by atoms with E-state index in [1.807, 2.05) is 36.4 Å². The Hall–Kier alpha value is -2.40. The molecule has 5 heteroatoms. The Morgan fingerprint density at radius 1 is 1.27 bits per heavy atom. The summed E-state index contributed by atoms with van der Waals surface area (Å²) in [5.74, 6) is -0.379. The predicted octanol–water partition coefficient (Wildman–Crippen LogP) is 2.38. The molecule has 22 heavy (non-hydrogen) atoms. The van der Waals surface area contributed by atoms with Crippen molar-refractivity contribution in [2.45, 2.75) is 6.42 Å². The maximum atomic E-state index is 12.0. The van der Waals surface area contributed by atoms with Crippen molar-refractivity contribution in [1.82, 2.24) is 14.7 Å². The fraction of sp³-hybridized carbons (Fsp3) is 0.294. The van der Waals surface area contributed by atoms with E-state index in [2.05, 4.69) is 23.1 Å². The van der Waals surface area contributed by atoms with Gasteiger partial charge in [-0.2, -0.15) is 5.10 Å². The van der Waals surface area contributed by atoms with Gasteiger partial charge in [0.15, 0.2) is 5.69 Å². The molecule has 2 heterocycles. The number of ether oxygens (including phenoxy) is 1. The number of benzene rings is 1. The lowest BCUT2D eigenvalue weighted by molar-refractivity contribution is 0.0590. The second-order valence-electron chi connectivity index (χ2n) is 5.40. The normalized spacial score (nSPS) is 15.5. The van der Waals surface area contributed by atoms with Crippen LogP contribution in [0.1, 0.15) is 22.6 Å². The molecule has 1 aliphatic heterocycles. The molecule has 2 aromatic rings. The van der Waals surface area contributed by atoms with Crippen LogP contribution in [0.25, 0.3) is 11.3 Å². The lowest BCUT2D eigenvalue weighted by Crippen LogP contribution is -2.23. The van der Waals surface area contributed by atoms with Gasteiger partial charge in [0, 0.05) is 13.1 Å². The third-order valence-corrected chi connectivity index (χ3v) is 3.85. The number of para-hydroxylation sites is 1. The van der Waals surface area contributed by atoms with Gasteiger partial charge in [0.25, 0.3) is 0 Å². The monoisotopic (exact) mass is 297 g/mol. The van der Waals surface area contributed by atoms with Gasteiger partial charge in [0.2, 0.25) is 0 Å². The standard InChI is InChI=1S/C17H19N3O2/c1-19-10-8-13(9-11-19)15-12-16(17(21)22-2)20(18-15)14-6-4-3-5-7-14/h3-8,12H,9-11H2,1-2H3. The fourth-order valence-corrected chi connectivity index (χ4v) is 2.56. The predicted molar refractivity (Wildman–Crippen MR) is 85.0 cm³/mol. The summed E-state index contributed by atoms with van der Waals surface area (Å²) in [5, 5.41) is 4.63. The van der Waals surface area contributed by atoms with Crippen LogP contribution in [0.4, 0.5) is 0 Å². The molecule has 0 atom stereocenters. The van der Waals surface area contributed by atoms with Crippen molar-refractivity contribution >= 4 is 11.5 Å². The van der Waals surface area contributed by atoms with E-state index in [1.165, 1.54) is 12.7 Å². The molecular formula is C17H19N3O2. The highest BCUT2D eigenvalue weighted by molar-refractivity contribution is 5.89. The fourth-order valence-electron chi connectivity index (χ4n) is 2.56. The molecule has 0 saturated heterocycles. The first-order valence-corrected chi connectivity index (χ1v) is 7.31. The average Bonchev–Trinajstić information content (AvgIpc) is 3.01. The number of aromatic nitrogens is 2. The van der Waals surface area contributed by atoms with Crippen LogP contribution >= 0.6 is 0 Å². The van der Waals surface area contributed by atoms with Gasteiger partial charge in [-0.05, 0) is 37.2 Å². The summed E-state index contributed by atoms with van der Waals surface area (Å²) in [4.78, 5) is 14.3. The van der Waals surface area contributed by atoms with Crippen molar-refractivity contribution in [3.8, 4) is 5.69 Å². The maximum Gasteiger partial charge on any atom is 0.356 e. The summed E-state index contributed by atoms with van der Waals surface area (Å²) < 4.78 is 6.54. The van der Waals surface area contributed by atoms with E-state index in [-0.39, 0.29) is 5.97 Å². The molecule has 0 aliphatic carbocycles. The van der Waals surface area contributed by atoms with Crippen molar-refractivity contribution in [3.05, 3.63) is 53.9 Å². The van der Waals surface area contributed by atoms with Crippen LogP contribution < -0.4 is 0 Å².